The van der Waals surface area contributed by atoms with Gasteiger partial charge in [0.05, 0.1) is 0 Å². The number of aromatic nitrogens is 1. The van der Waals surface area contributed by atoms with Crippen molar-refractivity contribution in [2.24, 2.45) is 0 Å². The Labute approximate surface area is 102 Å². The molecule has 1 atom stereocenters. The van der Waals surface area contributed by atoms with Crippen LogP contribution in [0.2, 0.25) is 0 Å². The second-order valence-corrected chi connectivity index (χ2v) is 5.95. The topological polar surface area (TPSA) is 28.2 Å². The SMILES string of the molecule is Cc1cnc(CNCC2CCCCN2C)s1. The first-order chi connectivity index (χ1) is 7.75. The molecule has 0 aromatic carbocycles. The average molecular weight is 239 g/mol. The van der Waals surface area contributed by atoms with Crippen LogP contribution in [-0.4, -0.2) is 36.1 Å². The van der Waals surface area contributed by atoms with Gasteiger partial charge in [-0.25, -0.2) is 4.98 Å². The first-order valence-electron chi connectivity index (χ1n) is 6.08. The van der Waals surface area contributed by atoms with E-state index in [0.717, 1.165) is 19.1 Å². The predicted octanol–water partition coefficient (Wildman–Crippen LogP) is 2.03. The van der Waals surface area contributed by atoms with Crippen LogP contribution in [0.3, 0.4) is 0 Å². The predicted molar refractivity (Wildman–Crippen MR) is 68.8 cm³/mol. The van der Waals surface area contributed by atoms with Gasteiger partial charge in [-0.3, -0.25) is 0 Å². The molecule has 2 rings (SSSR count). The highest BCUT2D eigenvalue weighted by Crippen LogP contribution is 2.15. The van der Waals surface area contributed by atoms with Gasteiger partial charge in [-0.2, -0.15) is 0 Å². The molecule has 3 nitrogen and oxygen atoms in total. The third kappa shape index (κ3) is 3.27. The zero-order valence-electron chi connectivity index (χ0n) is 10.2. The minimum atomic E-state index is 0.717. The second kappa shape index (κ2) is 5.75. The third-order valence-corrected chi connectivity index (χ3v) is 4.16. The quantitative estimate of drug-likeness (QED) is 0.871. The molecule has 0 spiro atoms. The van der Waals surface area contributed by atoms with Crippen LogP contribution in [0.5, 0.6) is 0 Å². The van der Waals surface area contributed by atoms with Crippen molar-refractivity contribution in [3.05, 3.63) is 16.1 Å². The summed E-state index contributed by atoms with van der Waals surface area (Å²) in [5.41, 5.74) is 0. The minimum Gasteiger partial charge on any atom is -0.309 e. The minimum absolute atomic E-state index is 0.717. The number of hydrogen-bond acceptors (Lipinski definition) is 4. The summed E-state index contributed by atoms with van der Waals surface area (Å²) >= 11 is 1.79. The second-order valence-electron chi connectivity index (χ2n) is 4.63. The first-order valence-corrected chi connectivity index (χ1v) is 6.89. The van der Waals surface area contributed by atoms with E-state index in [1.54, 1.807) is 11.3 Å². The zero-order valence-corrected chi connectivity index (χ0v) is 11.0. The molecule has 1 unspecified atom stereocenters. The van der Waals surface area contributed by atoms with Crippen molar-refractivity contribution < 1.29 is 0 Å². The van der Waals surface area contributed by atoms with Gasteiger partial charge in [-0.05, 0) is 33.4 Å². The fourth-order valence-corrected chi connectivity index (χ4v) is 2.99. The Balaban J connectivity index is 1.71. The average Bonchev–Trinajstić information content (AvgIpc) is 2.67. The molecule has 1 fully saturated rings. The Hall–Kier alpha value is -0.450. The largest absolute Gasteiger partial charge is 0.309 e. The van der Waals surface area contributed by atoms with Crippen LogP contribution in [0.25, 0.3) is 0 Å². The van der Waals surface area contributed by atoms with E-state index >= 15 is 0 Å². The standard InChI is InChI=1S/C12H21N3S/c1-10-7-14-12(16-10)9-13-8-11-5-3-4-6-15(11)2/h7,11,13H,3-6,8-9H2,1-2H3. The lowest BCUT2D eigenvalue weighted by Gasteiger charge is -2.32. The maximum atomic E-state index is 4.36. The molecule has 0 aliphatic carbocycles. The summed E-state index contributed by atoms with van der Waals surface area (Å²) in [5.74, 6) is 0. The summed E-state index contributed by atoms with van der Waals surface area (Å²) in [4.78, 5) is 8.13. The van der Waals surface area contributed by atoms with Gasteiger partial charge in [0, 0.05) is 30.2 Å². The van der Waals surface area contributed by atoms with E-state index in [1.165, 1.54) is 35.7 Å². The lowest BCUT2D eigenvalue weighted by molar-refractivity contribution is 0.181. The van der Waals surface area contributed by atoms with Crippen LogP contribution in [0.4, 0.5) is 0 Å². The van der Waals surface area contributed by atoms with Gasteiger partial charge in [0.1, 0.15) is 5.01 Å². The Kier molecular flexibility index (Phi) is 4.32. The fourth-order valence-electron chi connectivity index (χ4n) is 2.23. The number of thiazole rings is 1. The Bertz CT molecular complexity index is 324. The van der Waals surface area contributed by atoms with E-state index in [4.69, 9.17) is 0 Å². The molecule has 1 aliphatic rings. The number of likely N-dealkylation sites (N-methyl/N-ethyl adjacent to an activating group) is 1. The lowest BCUT2D eigenvalue weighted by atomic mass is 10.0. The Morgan fingerprint density at radius 2 is 2.44 bits per heavy atom. The van der Waals surface area contributed by atoms with Crippen molar-refractivity contribution in [2.45, 2.75) is 38.8 Å². The fraction of sp³-hybridized carbons (Fsp3) is 0.750. The number of likely N-dealkylation sites (tertiary alicyclic amines) is 1. The Morgan fingerprint density at radius 3 is 3.12 bits per heavy atom. The van der Waals surface area contributed by atoms with E-state index in [9.17, 15) is 0 Å². The number of nitrogens with one attached hydrogen (secondary N) is 1. The van der Waals surface area contributed by atoms with Gasteiger partial charge in [0.2, 0.25) is 0 Å². The molecule has 0 radical (unpaired) electrons. The number of nitrogens with zero attached hydrogens (tertiary/aromatic N) is 2. The van der Waals surface area contributed by atoms with E-state index in [1.807, 2.05) is 6.20 Å². The molecule has 1 saturated heterocycles. The molecule has 1 aromatic heterocycles. The number of aryl methyl sites for hydroxylation is 1. The molecule has 2 heterocycles. The monoisotopic (exact) mass is 239 g/mol. The highest BCUT2D eigenvalue weighted by atomic mass is 32.1. The first kappa shape index (κ1) is 12.0. The summed E-state index contributed by atoms with van der Waals surface area (Å²) in [7, 11) is 2.24. The van der Waals surface area contributed by atoms with Crippen LogP contribution in [0.15, 0.2) is 6.20 Å². The lowest BCUT2D eigenvalue weighted by Crippen LogP contribution is -2.42. The van der Waals surface area contributed by atoms with Crippen molar-refractivity contribution in [3.8, 4) is 0 Å². The van der Waals surface area contributed by atoms with Crippen molar-refractivity contribution in [2.75, 3.05) is 20.1 Å². The van der Waals surface area contributed by atoms with Crippen LogP contribution >= 0.6 is 11.3 Å². The molecule has 1 aliphatic heterocycles. The van der Waals surface area contributed by atoms with E-state index in [2.05, 4.69) is 29.2 Å². The van der Waals surface area contributed by atoms with Crippen LogP contribution in [0.1, 0.15) is 29.1 Å². The summed E-state index contributed by atoms with van der Waals surface area (Å²) in [6.45, 7) is 5.37. The summed E-state index contributed by atoms with van der Waals surface area (Å²) in [6.07, 6.45) is 6.03. The number of piperidine rings is 1. The van der Waals surface area contributed by atoms with Crippen LogP contribution in [-0.2, 0) is 6.54 Å². The summed E-state index contributed by atoms with van der Waals surface area (Å²) in [6, 6.07) is 0.717. The molecule has 16 heavy (non-hydrogen) atoms. The van der Waals surface area contributed by atoms with Crippen LogP contribution < -0.4 is 5.32 Å². The maximum absolute atomic E-state index is 4.36. The van der Waals surface area contributed by atoms with E-state index < -0.39 is 0 Å². The maximum Gasteiger partial charge on any atom is 0.107 e. The smallest absolute Gasteiger partial charge is 0.107 e. The molecule has 1 N–H and O–H groups in total. The number of hydrogen-bond donors (Lipinski definition) is 1. The summed E-state index contributed by atoms with van der Waals surface area (Å²) < 4.78 is 0. The molecule has 90 valence electrons. The Morgan fingerprint density at radius 1 is 1.56 bits per heavy atom. The molecule has 0 bridgehead atoms. The highest BCUT2D eigenvalue weighted by molar-refractivity contribution is 7.11. The van der Waals surface area contributed by atoms with Gasteiger partial charge in [-0.1, -0.05) is 6.42 Å². The van der Waals surface area contributed by atoms with Crippen molar-refractivity contribution in [1.82, 2.24) is 15.2 Å². The number of rotatable bonds is 4. The van der Waals surface area contributed by atoms with Crippen molar-refractivity contribution in [1.29, 1.82) is 0 Å². The summed E-state index contributed by atoms with van der Waals surface area (Å²) in [5, 5.41) is 4.73. The van der Waals surface area contributed by atoms with Crippen LogP contribution in [0, 0.1) is 6.92 Å². The molecular weight excluding hydrogens is 218 g/mol. The molecular formula is C12H21N3S. The van der Waals surface area contributed by atoms with Gasteiger partial charge in [-0.15, -0.1) is 11.3 Å². The molecule has 1 aromatic rings. The van der Waals surface area contributed by atoms with Crippen molar-refractivity contribution in [3.63, 3.8) is 0 Å². The van der Waals surface area contributed by atoms with E-state index in [-0.39, 0.29) is 0 Å². The van der Waals surface area contributed by atoms with E-state index in [0.29, 0.717) is 0 Å². The molecule has 0 amide bonds. The van der Waals surface area contributed by atoms with Gasteiger partial charge >= 0.3 is 0 Å². The molecule has 0 saturated carbocycles. The van der Waals surface area contributed by atoms with Gasteiger partial charge in [0.25, 0.3) is 0 Å². The van der Waals surface area contributed by atoms with Crippen molar-refractivity contribution >= 4 is 11.3 Å². The zero-order chi connectivity index (χ0) is 11.4. The molecule has 4 heteroatoms. The van der Waals surface area contributed by atoms with Gasteiger partial charge in [0.15, 0.2) is 0 Å². The third-order valence-electron chi connectivity index (χ3n) is 3.25. The van der Waals surface area contributed by atoms with Gasteiger partial charge < -0.3 is 10.2 Å². The highest BCUT2D eigenvalue weighted by Gasteiger charge is 2.17. The normalized spacial score (nSPS) is 22.5.